The highest BCUT2D eigenvalue weighted by atomic mass is 32.2. The number of fused-ring (bicyclic) bond motifs is 1. The van der Waals surface area contributed by atoms with Crippen LogP contribution >= 0.6 is 11.8 Å². The zero-order valence-electron chi connectivity index (χ0n) is 9.78. The summed E-state index contributed by atoms with van der Waals surface area (Å²) < 4.78 is 0. The summed E-state index contributed by atoms with van der Waals surface area (Å²) in [7, 11) is 0. The summed E-state index contributed by atoms with van der Waals surface area (Å²) in [5.41, 5.74) is 2.18. The molecule has 2 heterocycles. The number of aromatic nitrogens is 2. The van der Waals surface area contributed by atoms with Crippen LogP contribution < -0.4 is 5.32 Å². The molecule has 17 heavy (non-hydrogen) atoms. The number of hydrogen-bond donors (Lipinski definition) is 2. The Morgan fingerprint density at radius 3 is 3.18 bits per heavy atom. The van der Waals surface area contributed by atoms with Crippen molar-refractivity contribution < 1.29 is 0 Å². The van der Waals surface area contributed by atoms with Gasteiger partial charge in [-0.3, -0.25) is 0 Å². The lowest BCUT2D eigenvalue weighted by Gasteiger charge is -2.21. The summed E-state index contributed by atoms with van der Waals surface area (Å²) in [5.74, 6) is 3.60. The molecule has 0 saturated carbocycles. The van der Waals surface area contributed by atoms with Crippen LogP contribution in [0.25, 0.3) is 11.0 Å². The van der Waals surface area contributed by atoms with Crippen LogP contribution in [-0.4, -0.2) is 27.5 Å². The third-order valence-corrected chi connectivity index (χ3v) is 4.37. The van der Waals surface area contributed by atoms with Crippen molar-refractivity contribution in [1.82, 2.24) is 15.3 Å². The molecule has 4 heteroatoms. The van der Waals surface area contributed by atoms with E-state index in [2.05, 4.69) is 33.1 Å². The van der Waals surface area contributed by atoms with E-state index in [0.29, 0.717) is 6.04 Å². The summed E-state index contributed by atoms with van der Waals surface area (Å²) >= 11 is 2.05. The Hall–Kier alpha value is -1.00. The fourth-order valence-electron chi connectivity index (χ4n) is 2.23. The van der Waals surface area contributed by atoms with Gasteiger partial charge in [0.1, 0.15) is 5.82 Å². The number of aromatic amines is 1. The van der Waals surface area contributed by atoms with Gasteiger partial charge in [0.05, 0.1) is 17.6 Å². The monoisotopic (exact) mass is 247 g/mol. The number of nitrogens with one attached hydrogen (secondary N) is 2. The van der Waals surface area contributed by atoms with E-state index in [1.165, 1.54) is 24.3 Å². The van der Waals surface area contributed by atoms with E-state index in [9.17, 15) is 0 Å². The maximum Gasteiger partial charge on any atom is 0.121 e. The molecule has 90 valence electrons. The number of hydrogen-bond acceptors (Lipinski definition) is 3. The second-order valence-electron chi connectivity index (χ2n) is 4.50. The molecular formula is C13H17N3S. The van der Waals surface area contributed by atoms with Gasteiger partial charge in [-0.05, 0) is 30.7 Å². The van der Waals surface area contributed by atoms with E-state index in [-0.39, 0.29) is 0 Å². The molecule has 1 aliphatic heterocycles. The van der Waals surface area contributed by atoms with Crippen molar-refractivity contribution >= 4 is 22.8 Å². The SMILES string of the molecule is c1ccc2[nH]c(CNC3CCCSC3)nc2c1. The van der Waals surface area contributed by atoms with Gasteiger partial charge in [0.15, 0.2) is 0 Å². The molecule has 1 unspecified atom stereocenters. The topological polar surface area (TPSA) is 40.7 Å². The quantitative estimate of drug-likeness (QED) is 0.875. The standard InChI is InChI=1S/C13H17N3S/c1-2-6-12-11(5-1)15-13(16-12)8-14-10-4-3-7-17-9-10/h1-2,5-6,10,14H,3-4,7-9H2,(H,15,16). The maximum atomic E-state index is 4.57. The van der Waals surface area contributed by atoms with E-state index >= 15 is 0 Å². The molecule has 0 spiro atoms. The van der Waals surface area contributed by atoms with Gasteiger partial charge < -0.3 is 10.3 Å². The first kappa shape index (κ1) is 11.1. The number of benzene rings is 1. The Kier molecular flexibility index (Phi) is 3.34. The van der Waals surface area contributed by atoms with Gasteiger partial charge in [-0.25, -0.2) is 4.98 Å². The molecule has 3 rings (SSSR count). The minimum atomic E-state index is 0.655. The first-order valence-electron chi connectivity index (χ1n) is 6.16. The van der Waals surface area contributed by atoms with E-state index in [1.807, 2.05) is 18.2 Å². The predicted molar refractivity (Wildman–Crippen MR) is 73.3 cm³/mol. The van der Waals surface area contributed by atoms with E-state index in [4.69, 9.17) is 0 Å². The lowest BCUT2D eigenvalue weighted by molar-refractivity contribution is 0.501. The van der Waals surface area contributed by atoms with Crippen molar-refractivity contribution in [2.24, 2.45) is 0 Å². The zero-order chi connectivity index (χ0) is 11.5. The van der Waals surface area contributed by atoms with E-state index in [1.54, 1.807) is 0 Å². The molecule has 2 N–H and O–H groups in total. The normalized spacial score (nSPS) is 20.8. The average Bonchev–Trinajstić information content (AvgIpc) is 2.80. The van der Waals surface area contributed by atoms with Crippen LogP contribution in [0.15, 0.2) is 24.3 Å². The lowest BCUT2D eigenvalue weighted by Crippen LogP contribution is -2.33. The third-order valence-electron chi connectivity index (χ3n) is 3.16. The highest BCUT2D eigenvalue weighted by molar-refractivity contribution is 7.99. The number of thioether (sulfide) groups is 1. The van der Waals surface area contributed by atoms with Gasteiger partial charge >= 0.3 is 0 Å². The van der Waals surface area contributed by atoms with Gasteiger partial charge in [-0.2, -0.15) is 11.8 Å². The largest absolute Gasteiger partial charge is 0.341 e. The number of rotatable bonds is 3. The zero-order valence-corrected chi connectivity index (χ0v) is 10.6. The van der Waals surface area contributed by atoms with Crippen LogP contribution in [0.4, 0.5) is 0 Å². The van der Waals surface area contributed by atoms with Crippen molar-refractivity contribution in [1.29, 1.82) is 0 Å². The van der Waals surface area contributed by atoms with Gasteiger partial charge in [0.2, 0.25) is 0 Å². The second kappa shape index (κ2) is 5.10. The van der Waals surface area contributed by atoms with E-state index < -0.39 is 0 Å². The Labute approximate surface area is 105 Å². The minimum absolute atomic E-state index is 0.655. The van der Waals surface area contributed by atoms with Gasteiger partial charge in [0, 0.05) is 11.8 Å². The summed E-state index contributed by atoms with van der Waals surface area (Å²) in [6.45, 7) is 0.847. The van der Waals surface area contributed by atoms with Gasteiger partial charge in [-0.1, -0.05) is 12.1 Å². The second-order valence-corrected chi connectivity index (χ2v) is 5.65. The summed E-state index contributed by atoms with van der Waals surface area (Å²) in [4.78, 5) is 7.93. The molecule has 1 aliphatic rings. The van der Waals surface area contributed by atoms with Crippen LogP contribution in [0.3, 0.4) is 0 Å². The summed E-state index contributed by atoms with van der Waals surface area (Å²) in [5, 5.41) is 3.58. The fraction of sp³-hybridized carbons (Fsp3) is 0.462. The molecule has 1 saturated heterocycles. The van der Waals surface area contributed by atoms with E-state index in [0.717, 1.165) is 23.4 Å². The molecule has 1 aromatic carbocycles. The maximum absolute atomic E-state index is 4.57. The number of imidazole rings is 1. The smallest absolute Gasteiger partial charge is 0.121 e. The molecule has 1 aromatic heterocycles. The Morgan fingerprint density at radius 1 is 1.41 bits per heavy atom. The fourth-order valence-corrected chi connectivity index (χ4v) is 3.34. The number of H-pyrrole nitrogens is 1. The minimum Gasteiger partial charge on any atom is -0.341 e. The van der Waals surface area contributed by atoms with Crippen molar-refractivity contribution in [2.75, 3.05) is 11.5 Å². The van der Waals surface area contributed by atoms with Crippen LogP contribution in [0.2, 0.25) is 0 Å². The summed E-state index contributed by atoms with van der Waals surface area (Å²) in [6, 6.07) is 8.84. The third kappa shape index (κ3) is 2.64. The predicted octanol–water partition coefficient (Wildman–Crippen LogP) is 2.55. The van der Waals surface area contributed by atoms with Gasteiger partial charge in [0.25, 0.3) is 0 Å². The molecule has 0 bridgehead atoms. The first-order valence-corrected chi connectivity index (χ1v) is 7.32. The van der Waals surface area contributed by atoms with Crippen LogP contribution in [0, 0.1) is 0 Å². The van der Waals surface area contributed by atoms with Crippen LogP contribution in [0.1, 0.15) is 18.7 Å². The number of nitrogens with zero attached hydrogens (tertiary/aromatic N) is 1. The highest BCUT2D eigenvalue weighted by Crippen LogP contribution is 2.17. The Balaban J connectivity index is 1.64. The molecular weight excluding hydrogens is 230 g/mol. The average molecular weight is 247 g/mol. The van der Waals surface area contributed by atoms with Crippen molar-refractivity contribution in [2.45, 2.75) is 25.4 Å². The molecule has 1 atom stereocenters. The molecule has 0 aliphatic carbocycles. The summed E-state index contributed by atoms with van der Waals surface area (Å²) in [6.07, 6.45) is 2.63. The van der Waals surface area contributed by atoms with Crippen LogP contribution in [-0.2, 0) is 6.54 Å². The van der Waals surface area contributed by atoms with Crippen molar-refractivity contribution in [3.63, 3.8) is 0 Å². The highest BCUT2D eigenvalue weighted by Gasteiger charge is 2.13. The van der Waals surface area contributed by atoms with Crippen LogP contribution in [0.5, 0.6) is 0 Å². The lowest BCUT2D eigenvalue weighted by atomic mass is 10.2. The molecule has 2 aromatic rings. The van der Waals surface area contributed by atoms with Crippen molar-refractivity contribution in [3.05, 3.63) is 30.1 Å². The molecule has 1 fully saturated rings. The van der Waals surface area contributed by atoms with Crippen molar-refractivity contribution in [3.8, 4) is 0 Å². The Bertz CT molecular complexity index is 455. The number of para-hydroxylation sites is 2. The Morgan fingerprint density at radius 2 is 2.35 bits per heavy atom. The van der Waals surface area contributed by atoms with Gasteiger partial charge in [-0.15, -0.1) is 0 Å². The first-order chi connectivity index (χ1) is 8.42. The molecule has 0 radical (unpaired) electrons. The molecule has 0 amide bonds. The molecule has 3 nitrogen and oxygen atoms in total.